The number of hydrogen-bond acceptors (Lipinski definition) is 3. The highest BCUT2D eigenvalue weighted by Crippen LogP contribution is 2.08. The van der Waals surface area contributed by atoms with Crippen LogP contribution in [0.3, 0.4) is 0 Å². The monoisotopic (exact) mass is 298 g/mol. The van der Waals surface area contributed by atoms with Gasteiger partial charge in [-0.3, -0.25) is 4.79 Å². The fraction of sp³-hybridized carbons (Fsp3) is 0.500. The molecular formula is C14H22N2O3S. The van der Waals surface area contributed by atoms with Gasteiger partial charge in [0.1, 0.15) is 0 Å². The Morgan fingerprint density at radius 1 is 1.25 bits per heavy atom. The minimum absolute atomic E-state index is 0.152. The van der Waals surface area contributed by atoms with Crippen molar-refractivity contribution in [2.24, 2.45) is 5.92 Å². The summed E-state index contributed by atoms with van der Waals surface area (Å²) in [6.45, 7) is 4.24. The van der Waals surface area contributed by atoms with Gasteiger partial charge in [-0.25, -0.2) is 8.42 Å². The highest BCUT2D eigenvalue weighted by molar-refractivity contribution is 7.88. The number of rotatable bonds is 7. The Labute approximate surface area is 121 Å². The molecule has 1 rings (SSSR count). The molecule has 0 fully saturated rings. The van der Waals surface area contributed by atoms with Crippen molar-refractivity contribution in [2.75, 3.05) is 24.7 Å². The maximum atomic E-state index is 11.9. The number of anilines is 1. The molecule has 5 nitrogen and oxygen atoms in total. The van der Waals surface area contributed by atoms with Crippen LogP contribution in [0.25, 0.3) is 0 Å². The van der Waals surface area contributed by atoms with Crippen LogP contribution in [0.4, 0.5) is 5.69 Å². The quantitative estimate of drug-likeness (QED) is 0.836. The summed E-state index contributed by atoms with van der Waals surface area (Å²) in [6, 6.07) is 8.99. The van der Waals surface area contributed by atoms with Crippen molar-refractivity contribution in [1.82, 2.24) is 4.31 Å². The van der Waals surface area contributed by atoms with Crippen molar-refractivity contribution in [1.29, 1.82) is 0 Å². The molecule has 1 N–H and O–H groups in total. The van der Waals surface area contributed by atoms with E-state index < -0.39 is 10.0 Å². The molecule has 0 aromatic heterocycles. The molecule has 0 radical (unpaired) electrons. The number of carbonyl (C=O) groups is 1. The van der Waals surface area contributed by atoms with Gasteiger partial charge in [0, 0.05) is 12.2 Å². The third-order valence-corrected chi connectivity index (χ3v) is 4.05. The minimum atomic E-state index is -3.38. The Kier molecular flexibility index (Phi) is 6.16. The lowest BCUT2D eigenvalue weighted by molar-refractivity contribution is -0.116. The van der Waals surface area contributed by atoms with Gasteiger partial charge in [-0.05, 0) is 24.5 Å². The number of nitrogens with zero attached hydrogens (tertiary/aromatic N) is 1. The van der Waals surface area contributed by atoms with Crippen LogP contribution in [0, 0.1) is 5.92 Å². The molecule has 0 saturated heterocycles. The van der Waals surface area contributed by atoms with Crippen molar-refractivity contribution >= 4 is 21.6 Å². The molecule has 0 aliphatic rings. The predicted molar refractivity (Wildman–Crippen MR) is 80.9 cm³/mol. The number of sulfonamides is 1. The largest absolute Gasteiger partial charge is 0.325 e. The van der Waals surface area contributed by atoms with Gasteiger partial charge < -0.3 is 5.32 Å². The van der Waals surface area contributed by atoms with Gasteiger partial charge >= 0.3 is 0 Å². The van der Waals surface area contributed by atoms with Gasteiger partial charge in [0.2, 0.25) is 15.9 Å². The van der Waals surface area contributed by atoms with E-state index in [0.717, 1.165) is 12.7 Å². The topological polar surface area (TPSA) is 66.5 Å². The smallest absolute Gasteiger partial charge is 0.239 e. The van der Waals surface area contributed by atoms with Crippen LogP contribution in [-0.2, 0) is 14.8 Å². The summed E-state index contributed by atoms with van der Waals surface area (Å²) >= 11 is 0. The van der Waals surface area contributed by atoms with E-state index in [1.807, 2.05) is 32.0 Å². The molecule has 1 amide bonds. The third kappa shape index (κ3) is 6.16. The summed E-state index contributed by atoms with van der Waals surface area (Å²) in [5.41, 5.74) is 0.662. The Balaban J connectivity index is 2.63. The first-order valence-electron chi connectivity index (χ1n) is 6.59. The average molecular weight is 298 g/mol. The molecule has 0 unspecified atom stereocenters. The average Bonchev–Trinajstić information content (AvgIpc) is 2.34. The van der Waals surface area contributed by atoms with Crippen LogP contribution in [0.1, 0.15) is 20.3 Å². The minimum Gasteiger partial charge on any atom is -0.325 e. The molecule has 0 heterocycles. The number of nitrogens with one attached hydrogen (secondary N) is 1. The Morgan fingerprint density at radius 2 is 1.85 bits per heavy atom. The lowest BCUT2D eigenvalue weighted by Gasteiger charge is -2.20. The molecule has 1 aromatic rings. The molecule has 0 bridgehead atoms. The lowest BCUT2D eigenvalue weighted by atomic mass is 10.1. The second-order valence-electron chi connectivity index (χ2n) is 5.19. The number of carbonyl (C=O) groups excluding carboxylic acids is 1. The fourth-order valence-electron chi connectivity index (χ4n) is 1.65. The van der Waals surface area contributed by atoms with Crippen molar-refractivity contribution in [2.45, 2.75) is 20.3 Å². The fourth-order valence-corrected chi connectivity index (χ4v) is 2.44. The zero-order valence-electron chi connectivity index (χ0n) is 12.2. The number of hydrogen-bond donors (Lipinski definition) is 1. The van der Waals surface area contributed by atoms with Crippen LogP contribution in [-0.4, -0.2) is 38.0 Å². The number of benzene rings is 1. The van der Waals surface area contributed by atoms with Gasteiger partial charge in [0.15, 0.2) is 0 Å². The van der Waals surface area contributed by atoms with E-state index in [0.29, 0.717) is 18.2 Å². The number of amides is 1. The molecule has 6 heteroatoms. The first-order valence-corrected chi connectivity index (χ1v) is 8.44. The summed E-state index contributed by atoms with van der Waals surface area (Å²) in [7, 11) is -3.38. The van der Waals surface area contributed by atoms with Crippen molar-refractivity contribution < 1.29 is 13.2 Å². The summed E-state index contributed by atoms with van der Waals surface area (Å²) in [6.07, 6.45) is 1.86. The maximum Gasteiger partial charge on any atom is 0.239 e. The van der Waals surface area contributed by atoms with Crippen LogP contribution in [0.5, 0.6) is 0 Å². The highest BCUT2D eigenvalue weighted by Gasteiger charge is 2.20. The Hall–Kier alpha value is -1.40. The van der Waals surface area contributed by atoms with E-state index in [9.17, 15) is 13.2 Å². The molecule has 1 aromatic carbocycles. The zero-order valence-corrected chi connectivity index (χ0v) is 13.0. The third-order valence-electron chi connectivity index (χ3n) is 2.80. The van der Waals surface area contributed by atoms with E-state index in [1.165, 1.54) is 4.31 Å². The Bertz CT molecular complexity index is 527. The van der Waals surface area contributed by atoms with Gasteiger partial charge in [-0.15, -0.1) is 0 Å². The summed E-state index contributed by atoms with van der Waals surface area (Å²) < 4.78 is 24.6. The molecule has 0 spiro atoms. The summed E-state index contributed by atoms with van der Waals surface area (Å²) in [5, 5.41) is 2.69. The van der Waals surface area contributed by atoms with E-state index in [4.69, 9.17) is 0 Å². The molecule has 20 heavy (non-hydrogen) atoms. The van der Waals surface area contributed by atoms with Crippen LogP contribution >= 0.6 is 0 Å². The summed E-state index contributed by atoms with van der Waals surface area (Å²) in [5.74, 6) is 0.0572. The molecule has 0 aliphatic heterocycles. The Morgan fingerprint density at radius 3 is 2.35 bits per heavy atom. The van der Waals surface area contributed by atoms with Crippen LogP contribution < -0.4 is 5.32 Å². The van der Waals surface area contributed by atoms with Gasteiger partial charge in [0.25, 0.3) is 0 Å². The standard InChI is InChI=1S/C14H22N2O3S/c1-12(2)9-10-16(20(3,18)19)11-14(17)15-13-7-5-4-6-8-13/h4-8,12H,9-11H2,1-3H3,(H,15,17). The van der Waals surface area contributed by atoms with E-state index in [-0.39, 0.29) is 12.5 Å². The first-order chi connectivity index (χ1) is 9.29. The van der Waals surface area contributed by atoms with Crippen molar-refractivity contribution in [3.05, 3.63) is 30.3 Å². The second-order valence-corrected chi connectivity index (χ2v) is 7.18. The van der Waals surface area contributed by atoms with Gasteiger partial charge in [0.05, 0.1) is 12.8 Å². The van der Waals surface area contributed by atoms with Gasteiger partial charge in [-0.1, -0.05) is 32.0 Å². The van der Waals surface area contributed by atoms with Crippen LogP contribution in [0.15, 0.2) is 30.3 Å². The summed E-state index contributed by atoms with van der Waals surface area (Å²) in [4.78, 5) is 11.9. The predicted octanol–water partition coefficient (Wildman–Crippen LogP) is 1.93. The second kappa shape index (κ2) is 7.40. The molecule has 112 valence electrons. The molecule has 0 atom stereocenters. The first kappa shape index (κ1) is 16.7. The van der Waals surface area contributed by atoms with E-state index in [1.54, 1.807) is 12.1 Å². The molecule has 0 saturated carbocycles. The maximum absolute atomic E-state index is 11.9. The molecule has 0 aliphatic carbocycles. The van der Waals surface area contributed by atoms with E-state index >= 15 is 0 Å². The van der Waals surface area contributed by atoms with Gasteiger partial charge in [-0.2, -0.15) is 4.31 Å². The van der Waals surface area contributed by atoms with Crippen molar-refractivity contribution in [3.8, 4) is 0 Å². The van der Waals surface area contributed by atoms with Crippen molar-refractivity contribution in [3.63, 3.8) is 0 Å². The number of para-hydroxylation sites is 1. The van der Waals surface area contributed by atoms with Crippen LogP contribution in [0.2, 0.25) is 0 Å². The van der Waals surface area contributed by atoms with E-state index in [2.05, 4.69) is 5.32 Å². The highest BCUT2D eigenvalue weighted by atomic mass is 32.2. The normalized spacial score (nSPS) is 11.8. The molecular weight excluding hydrogens is 276 g/mol. The SMILES string of the molecule is CC(C)CCN(CC(=O)Nc1ccccc1)S(C)(=O)=O. The zero-order chi connectivity index (χ0) is 15.2. The lowest BCUT2D eigenvalue weighted by Crippen LogP contribution is -2.38.